The number of rotatable bonds is 7. The number of carboxylic acid groups (broad SMARTS) is 1. The van der Waals surface area contributed by atoms with Crippen LogP contribution >= 0.6 is 0 Å². The Balaban J connectivity index is 1.82. The van der Waals surface area contributed by atoms with Gasteiger partial charge in [0.2, 0.25) is 0 Å². The van der Waals surface area contributed by atoms with Gasteiger partial charge >= 0.3 is 5.97 Å². The first-order valence-electron chi connectivity index (χ1n) is 6.93. The van der Waals surface area contributed by atoms with Crippen molar-refractivity contribution in [2.75, 3.05) is 6.61 Å². The third kappa shape index (κ3) is 4.61. The molecule has 0 saturated heterocycles. The van der Waals surface area contributed by atoms with Gasteiger partial charge in [0.15, 0.2) is 0 Å². The van der Waals surface area contributed by atoms with E-state index in [1.165, 1.54) is 5.56 Å². The van der Waals surface area contributed by atoms with Crippen LogP contribution in [-0.4, -0.2) is 17.7 Å². The van der Waals surface area contributed by atoms with Crippen molar-refractivity contribution in [3.05, 3.63) is 65.2 Å². The minimum Gasteiger partial charge on any atom is -0.494 e. The van der Waals surface area contributed by atoms with Crippen molar-refractivity contribution >= 4 is 5.97 Å². The smallest absolute Gasteiger partial charge is 0.335 e. The standard InChI is InChI=1S/C17H19NO3/c1-2-21-16-9-5-14(6-10-16)12-18-11-13-3-7-15(8-4-13)17(19)20/h3-10,18H,2,11-12H2,1H3,(H,19,20). The van der Waals surface area contributed by atoms with E-state index >= 15 is 0 Å². The van der Waals surface area contributed by atoms with Gasteiger partial charge in [-0.15, -0.1) is 0 Å². The summed E-state index contributed by atoms with van der Waals surface area (Å²) in [7, 11) is 0. The Kier molecular flexibility index (Phi) is 5.35. The second-order valence-electron chi connectivity index (χ2n) is 4.68. The van der Waals surface area contributed by atoms with Crippen LogP contribution in [0.15, 0.2) is 48.5 Å². The Morgan fingerprint density at radius 1 is 1.00 bits per heavy atom. The molecule has 0 fully saturated rings. The van der Waals surface area contributed by atoms with Gasteiger partial charge in [-0.3, -0.25) is 0 Å². The van der Waals surface area contributed by atoms with Crippen molar-refractivity contribution in [2.45, 2.75) is 20.0 Å². The summed E-state index contributed by atoms with van der Waals surface area (Å²) < 4.78 is 5.40. The highest BCUT2D eigenvalue weighted by atomic mass is 16.5. The van der Waals surface area contributed by atoms with E-state index in [2.05, 4.69) is 5.32 Å². The molecule has 4 nitrogen and oxygen atoms in total. The molecule has 0 unspecified atom stereocenters. The van der Waals surface area contributed by atoms with Crippen molar-refractivity contribution in [1.29, 1.82) is 0 Å². The second kappa shape index (κ2) is 7.45. The van der Waals surface area contributed by atoms with E-state index < -0.39 is 5.97 Å². The van der Waals surface area contributed by atoms with Gasteiger partial charge in [0.05, 0.1) is 12.2 Å². The Morgan fingerprint density at radius 2 is 1.52 bits per heavy atom. The molecule has 0 atom stereocenters. The first-order valence-corrected chi connectivity index (χ1v) is 6.93. The summed E-state index contributed by atoms with van der Waals surface area (Å²) in [5.41, 5.74) is 2.55. The minimum absolute atomic E-state index is 0.310. The van der Waals surface area contributed by atoms with E-state index in [0.717, 1.165) is 17.9 Å². The zero-order chi connectivity index (χ0) is 15.1. The molecule has 2 rings (SSSR count). The maximum atomic E-state index is 10.8. The quantitative estimate of drug-likeness (QED) is 0.821. The van der Waals surface area contributed by atoms with Crippen LogP contribution in [0.3, 0.4) is 0 Å². The molecule has 0 heterocycles. The highest BCUT2D eigenvalue weighted by Gasteiger charge is 2.01. The fraction of sp³-hybridized carbons (Fsp3) is 0.235. The molecule has 4 heteroatoms. The molecule has 0 spiro atoms. The molecule has 0 aromatic heterocycles. The lowest BCUT2D eigenvalue weighted by Gasteiger charge is -2.07. The molecule has 2 N–H and O–H groups in total. The lowest BCUT2D eigenvalue weighted by molar-refractivity contribution is 0.0697. The van der Waals surface area contributed by atoms with Gasteiger partial charge in [-0.1, -0.05) is 24.3 Å². The van der Waals surface area contributed by atoms with E-state index in [9.17, 15) is 4.79 Å². The number of ether oxygens (including phenoxy) is 1. The lowest BCUT2D eigenvalue weighted by Crippen LogP contribution is -2.12. The predicted octanol–water partition coefficient (Wildman–Crippen LogP) is 3.07. The lowest BCUT2D eigenvalue weighted by atomic mass is 10.1. The topological polar surface area (TPSA) is 58.6 Å². The molecular formula is C17H19NO3. The van der Waals surface area contributed by atoms with Crippen molar-refractivity contribution in [3.63, 3.8) is 0 Å². The van der Waals surface area contributed by atoms with Gasteiger partial charge in [0.1, 0.15) is 5.75 Å². The summed E-state index contributed by atoms with van der Waals surface area (Å²) in [6, 6.07) is 14.9. The maximum absolute atomic E-state index is 10.8. The normalized spacial score (nSPS) is 10.3. The first-order chi connectivity index (χ1) is 10.2. The molecule has 0 aliphatic carbocycles. The fourth-order valence-electron chi connectivity index (χ4n) is 1.99. The Bertz CT molecular complexity index is 576. The maximum Gasteiger partial charge on any atom is 0.335 e. The zero-order valence-corrected chi connectivity index (χ0v) is 12.0. The molecule has 0 radical (unpaired) electrons. The Hall–Kier alpha value is -2.33. The summed E-state index contributed by atoms with van der Waals surface area (Å²) in [6.07, 6.45) is 0. The van der Waals surface area contributed by atoms with Gasteiger partial charge in [0, 0.05) is 13.1 Å². The molecular weight excluding hydrogens is 266 g/mol. The van der Waals surface area contributed by atoms with Gasteiger partial charge in [-0.05, 0) is 42.3 Å². The van der Waals surface area contributed by atoms with E-state index in [0.29, 0.717) is 18.7 Å². The Labute approximate surface area is 124 Å². The minimum atomic E-state index is -0.899. The van der Waals surface area contributed by atoms with Crippen LogP contribution in [0.2, 0.25) is 0 Å². The van der Waals surface area contributed by atoms with E-state index in [-0.39, 0.29) is 0 Å². The molecule has 0 bridgehead atoms. The largest absolute Gasteiger partial charge is 0.494 e. The summed E-state index contributed by atoms with van der Waals surface area (Å²) in [5, 5.41) is 12.2. The number of benzene rings is 2. The monoisotopic (exact) mass is 285 g/mol. The highest BCUT2D eigenvalue weighted by molar-refractivity contribution is 5.87. The number of carboxylic acids is 1. The number of nitrogens with one attached hydrogen (secondary N) is 1. The van der Waals surface area contributed by atoms with Crippen molar-refractivity contribution in [3.8, 4) is 5.75 Å². The number of aromatic carboxylic acids is 1. The van der Waals surface area contributed by atoms with Gasteiger partial charge < -0.3 is 15.2 Å². The van der Waals surface area contributed by atoms with Crippen LogP contribution in [0.4, 0.5) is 0 Å². The number of hydrogen-bond donors (Lipinski definition) is 2. The van der Waals surface area contributed by atoms with Crippen molar-refractivity contribution in [1.82, 2.24) is 5.32 Å². The van der Waals surface area contributed by atoms with Crippen LogP contribution in [0, 0.1) is 0 Å². The molecule has 2 aromatic rings. The molecule has 21 heavy (non-hydrogen) atoms. The summed E-state index contributed by atoms with van der Waals surface area (Å²) in [5.74, 6) is -0.0191. The molecule has 0 amide bonds. The van der Waals surface area contributed by atoms with Crippen molar-refractivity contribution < 1.29 is 14.6 Å². The fourth-order valence-corrected chi connectivity index (χ4v) is 1.99. The third-order valence-electron chi connectivity index (χ3n) is 3.09. The second-order valence-corrected chi connectivity index (χ2v) is 4.68. The predicted molar refractivity (Wildman–Crippen MR) is 81.6 cm³/mol. The molecule has 0 saturated carbocycles. The molecule has 0 aliphatic heterocycles. The molecule has 110 valence electrons. The van der Waals surface area contributed by atoms with E-state index in [1.54, 1.807) is 12.1 Å². The van der Waals surface area contributed by atoms with Gasteiger partial charge in [-0.2, -0.15) is 0 Å². The Morgan fingerprint density at radius 3 is 2.00 bits per heavy atom. The number of carbonyl (C=O) groups is 1. The van der Waals surface area contributed by atoms with Crippen molar-refractivity contribution in [2.24, 2.45) is 0 Å². The summed E-state index contributed by atoms with van der Waals surface area (Å²) >= 11 is 0. The van der Waals surface area contributed by atoms with Crippen LogP contribution in [0.1, 0.15) is 28.4 Å². The van der Waals surface area contributed by atoms with Gasteiger partial charge in [0.25, 0.3) is 0 Å². The van der Waals surface area contributed by atoms with Crippen LogP contribution in [-0.2, 0) is 13.1 Å². The molecule has 0 aliphatic rings. The van der Waals surface area contributed by atoms with E-state index in [1.807, 2.05) is 43.3 Å². The average Bonchev–Trinajstić information content (AvgIpc) is 2.50. The van der Waals surface area contributed by atoms with Crippen LogP contribution in [0.25, 0.3) is 0 Å². The summed E-state index contributed by atoms with van der Waals surface area (Å²) in [4.78, 5) is 10.8. The van der Waals surface area contributed by atoms with Crippen LogP contribution in [0.5, 0.6) is 5.75 Å². The van der Waals surface area contributed by atoms with Crippen LogP contribution < -0.4 is 10.1 Å². The first kappa shape index (κ1) is 15.1. The van der Waals surface area contributed by atoms with E-state index in [4.69, 9.17) is 9.84 Å². The zero-order valence-electron chi connectivity index (χ0n) is 12.0. The average molecular weight is 285 g/mol. The highest BCUT2D eigenvalue weighted by Crippen LogP contribution is 2.12. The third-order valence-corrected chi connectivity index (χ3v) is 3.09. The number of hydrogen-bond acceptors (Lipinski definition) is 3. The molecule has 2 aromatic carbocycles. The summed E-state index contributed by atoms with van der Waals surface area (Å²) in [6.45, 7) is 4.09. The SMILES string of the molecule is CCOc1ccc(CNCc2ccc(C(=O)O)cc2)cc1. The van der Waals surface area contributed by atoms with Gasteiger partial charge in [-0.25, -0.2) is 4.79 Å².